The van der Waals surface area contributed by atoms with Crippen molar-refractivity contribution in [3.63, 3.8) is 0 Å². The van der Waals surface area contributed by atoms with Crippen LogP contribution in [-0.4, -0.2) is 60.3 Å². The van der Waals surface area contributed by atoms with Gasteiger partial charge in [0.2, 0.25) is 13.1 Å². The predicted octanol–water partition coefficient (Wildman–Crippen LogP) is 1.50. The molecule has 0 saturated heterocycles. The van der Waals surface area contributed by atoms with Gasteiger partial charge in [0.25, 0.3) is 0 Å². The van der Waals surface area contributed by atoms with Crippen molar-refractivity contribution in [3.8, 4) is 11.5 Å². The van der Waals surface area contributed by atoms with Crippen LogP contribution < -0.4 is 15.2 Å². The highest BCUT2D eigenvalue weighted by Gasteiger charge is 2.24. The molecule has 1 amide bonds. The molecule has 10 heteroatoms. The third kappa shape index (κ3) is 6.53. The van der Waals surface area contributed by atoms with Crippen molar-refractivity contribution in [2.75, 3.05) is 13.8 Å². The highest BCUT2D eigenvalue weighted by molar-refractivity contribution is 5.77. The number of nitrogens with zero attached hydrogens (tertiary/aromatic N) is 1. The van der Waals surface area contributed by atoms with Crippen LogP contribution in [0.15, 0.2) is 18.2 Å². The minimum Gasteiger partial charge on any atom is -0.481 e. The highest BCUT2D eigenvalue weighted by Crippen LogP contribution is 2.33. The first-order valence-electron chi connectivity index (χ1n) is 9.17. The zero-order chi connectivity index (χ0) is 21.6. The van der Waals surface area contributed by atoms with Crippen LogP contribution in [-0.2, 0) is 25.5 Å². The number of hydrogen-bond donors (Lipinski definition) is 2. The monoisotopic (exact) mass is 410 g/mol. The van der Waals surface area contributed by atoms with E-state index < -0.39 is 30.4 Å². The van der Waals surface area contributed by atoms with E-state index in [9.17, 15) is 14.4 Å². The summed E-state index contributed by atoms with van der Waals surface area (Å²) in [4.78, 5) is 36.0. The molecule has 0 fully saturated rings. The smallest absolute Gasteiger partial charge is 0.412 e. The molecule has 0 saturated carbocycles. The van der Waals surface area contributed by atoms with E-state index in [1.807, 2.05) is 25.1 Å². The van der Waals surface area contributed by atoms with E-state index in [0.717, 1.165) is 5.56 Å². The van der Waals surface area contributed by atoms with Gasteiger partial charge in [0.1, 0.15) is 6.04 Å². The van der Waals surface area contributed by atoms with Crippen LogP contribution in [0.1, 0.15) is 32.3 Å². The Hall–Kier alpha value is -3.01. The van der Waals surface area contributed by atoms with Crippen molar-refractivity contribution in [1.29, 1.82) is 0 Å². The molecule has 0 spiro atoms. The summed E-state index contributed by atoms with van der Waals surface area (Å²) in [5.41, 5.74) is 6.53. The minimum absolute atomic E-state index is 0.0682. The van der Waals surface area contributed by atoms with Gasteiger partial charge in [0, 0.05) is 26.4 Å². The second kappa shape index (κ2) is 9.97. The number of aliphatic carboxylic acids is 1. The van der Waals surface area contributed by atoms with Gasteiger partial charge in [-0.2, -0.15) is 0 Å². The number of carboxylic acid groups (broad SMARTS) is 1. The molecule has 0 bridgehead atoms. The van der Waals surface area contributed by atoms with E-state index in [0.29, 0.717) is 17.9 Å². The normalized spacial score (nSPS) is 15.2. The summed E-state index contributed by atoms with van der Waals surface area (Å²) in [6.45, 7) is 3.43. The Morgan fingerprint density at radius 3 is 2.59 bits per heavy atom. The van der Waals surface area contributed by atoms with Gasteiger partial charge in [-0.3, -0.25) is 9.59 Å². The summed E-state index contributed by atoms with van der Waals surface area (Å²) >= 11 is 0. The van der Waals surface area contributed by atoms with E-state index in [-0.39, 0.29) is 25.7 Å². The topological polar surface area (TPSA) is 138 Å². The first kappa shape index (κ1) is 22.3. The van der Waals surface area contributed by atoms with Crippen molar-refractivity contribution in [3.05, 3.63) is 23.8 Å². The Kier molecular flexibility index (Phi) is 7.66. The van der Waals surface area contributed by atoms with Gasteiger partial charge < -0.3 is 34.7 Å². The first-order chi connectivity index (χ1) is 13.7. The number of nitrogens with two attached hydrogens (primary N) is 1. The van der Waals surface area contributed by atoms with Crippen LogP contribution in [0.3, 0.4) is 0 Å². The molecule has 0 radical (unpaired) electrons. The second-order valence-electron chi connectivity index (χ2n) is 6.78. The zero-order valence-corrected chi connectivity index (χ0v) is 16.6. The number of esters is 1. The van der Waals surface area contributed by atoms with Crippen LogP contribution in [0.2, 0.25) is 0 Å². The molecule has 0 aliphatic carbocycles. The number of carbonyl (C=O) groups is 3. The molecule has 3 atom stereocenters. The molecule has 1 aliphatic rings. The number of ether oxygens (including phenoxy) is 4. The Balaban J connectivity index is 1.81. The molecular weight excluding hydrogens is 384 g/mol. The van der Waals surface area contributed by atoms with Crippen molar-refractivity contribution in [2.24, 2.45) is 5.73 Å². The maximum absolute atomic E-state index is 12.3. The van der Waals surface area contributed by atoms with Crippen LogP contribution >= 0.6 is 0 Å². The zero-order valence-electron chi connectivity index (χ0n) is 16.6. The molecule has 2 rings (SSSR count). The van der Waals surface area contributed by atoms with Gasteiger partial charge in [-0.25, -0.2) is 4.79 Å². The largest absolute Gasteiger partial charge is 0.481 e. The number of carbonyl (C=O) groups excluding carboxylic acids is 2. The molecule has 160 valence electrons. The Morgan fingerprint density at radius 1 is 1.21 bits per heavy atom. The molecule has 1 aromatic carbocycles. The first-order valence-corrected chi connectivity index (χ1v) is 9.17. The van der Waals surface area contributed by atoms with E-state index in [4.69, 9.17) is 29.8 Å². The minimum atomic E-state index is -1.16. The van der Waals surface area contributed by atoms with Crippen molar-refractivity contribution >= 4 is 18.0 Å². The summed E-state index contributed by atoms with van der Waals surface area (Å²) in [6, 6.07) is 4.27. The fourth-order valence-corrected chi connectivity index (χ4v) is 2.62. The van der Waals surface area contributed by atoms with Crippen LogP contribution in [0.5, 0.6) is 11.5 Å². The average molecular weight is 410 g/mol. The molecule has 1 heterocycles. The van der Waals surface area contributed by atoms with E-state index in [2.05, 4.69) is 0 Å². The SMILES string of the molecule is CC(OC(=O)C(N)CCC(=O)O)OC(=O)N(C)C(C)Cc1ccc2c(c1)OCO2. The molecule has 10 nitrogen and oxygen atoms in total. The lowest BCUT2D eigenvalue weighted by atomic mass is 10.1. The number of amides is 1. The standard InChI is InChI=1S/C19H26N2O8/c1-11(8-13-4-6-15-16(9-13)27-10-26-15)21(3)19(25)29-12(2)28-18(24)14(20)5-7-17(22)23/h4,6,9,11-12,14H,5,7-8,10,20H2,1-3H3,(H,22,23). The summed E-state index contributed by atoms with van der Waals surface area (Å²) in [5, 5.41) is 8.61. The highest BCUT2D eigenvalue weighted by atomic mass is 16.7. The average Bonchev–Trinajstić information content (AvgIpc) is 3.12. The van der Waals surface area contributed by atoms with E-state index >= 15 is 0 Å². The molecule has 29 heavy (non-hydrogen) atoms. The quantitative estimate of drug-likeness (QED) is 0.458. The van der Waals surface area contributed by atoms with Gasteiger partial charge in [-0.1, -0.05) is 6.07 Å². The van der Waals surface area contributed by atoms with Crippen LogP contribution in [0.4, 0.5) is 4.79 Å². The van der Waals surface area contributed by atoms with Crippen molar-refractivity contribution in [2.45, 2.75) is 51.5 Å². The van der Waals surface area contributed by atoms with Gasteiger partial charge in [0.05, 0.1) is 0 Å². The molecule has 1 aliphatic heterocycles. The van der Waals surface area contributed by atoms with Gasteiger partial charge in [-0.05, 0) is 37.5 Å². The summed E-state index contributed by atoms with van der Waals surface area (Å²) in [7, 11) is 1.58. The van der Waals surface area contributed by atoms with Crippen LogP contribution in [0, 0.1) is 0 Å². The number of hydrogen-bond acceptors (Lipinski definition) is 8. The fraction of sp³-hybridized carbons (Fsp3) is 0.526. The Morgan fingerprint density at radius 2 is 1.90 bits per heavy atom. The number of likely N-dealkylation sites (N-methyl/N-ethyl adjacent to an activating group) is 1. The number of rotatable bonds is 9. The number of benzene rings is 1. The summed E-state index contributed by atoms with van der Waals surface area (Å²) in [5.74, 6) is -0.542. The molecule has 3 unspecified atom stereocenters. The molecule has 0 aromatic heterocycles. The van der Waals surface area contributed by atoms with Gasteiger partial charge in [-0.15, -0.1) is 0 Å². The van der Waals surface area contributed by atoms with Crippen LogP contribution in [0.25, 0.3) is 0 Å². The summed E-state index contributed by atoms with van der Waals surface area (Å²) in [6.07, 6.45) is -1.61. The Bertz CT molecular complexity index is 754. The van der Waals surface area contributed by atoms with Gasteiger partial charge in [0.15, 0.2) is 11.5 Å². The van der Waals surface area contributed by atoms with E-state index in [1.54, 1.807) is 7.05 Å². The molecule has 1 aromatic rings. The maximum atomic E-state index is 12.3. The maximum Gasteiger partial charge on any atom is 0.412 e. The Labute approximate surface area is 168 Å². The van der Waals surface area contributed by atoms with Crippen molar-refractivity contribution < 1.29 is 38.4 Å². The van der Waals surface area contributed by atoms with Crippen molar-refractivity contribution in [1.82, 2.24) is 4.90 Å². The second-order valence-corrected chi connectivity index (χ2v) is 6.78. The third-order valence-corrected chi connectivity index (χ3v) is 4.44. The third-order valence-electron chi connectivity index (χ3n) is 4.44. The summed E-state index contributed by atoms with van der Waals surface area (Å²) < 4.78 is 20.7. The number of carboxylic acids is 1. The lowest BCUT2D eigenvalue weighted by Gasteiger charge is -2.26. The van der Waals surface area contributed by atoms with Gasteiger partial charge >= 0.3 is 18.0 Å². The molecular formula is C19H26N2O8. The molecule has 3 N–H and O–H groups in total. The number of fused-ring (bicyclic) bond motifs is 1. The lowest BCUT2D eigenvalue weighted by Crippen LogP contribution is -2.40. The predicted molar refractivity (Wildman–Crippen MR) is 100 cm³/mol. The lowest BCUT2D eigenvalue weighted by molar-refractivity contribution is -0.167. The van der Waals surface area contributed by atoms with E-state index in [1.165, 1.54) is 11.8 Å². The fourth-order valence-electron chi connectivity index (χ4n) is 2.62.